The SMILES string of the molecule is O=S(=O)(Nc1nc2ccccc2nc1OCc1ccc2ccccc2c1)c1cccc(C(F)(F)F)c1. The number of hydrogen-bond acceptors (Lipinski definition) is 5. The van der Waals surface area contributed by atoms with E-state index in [-0.39, 0.29) is 18.3 Å². The molecule has 36 heavy (non-hydrogen) atoms. The first-order chi connectivity index (χ1) is 17.2. The second-order valence-corrected chi connectivity index (χ2v) is 9.65. The average molecular weight is 510 g/mol. The quantitative estimate of drug-likeness (QED) is 0.296. The molecule has 0 atom stereocenters. The molecule has 1 heterocycles. The number of benzene rings is 4. The summed E-state index contributed by atoms with van der Waals surface area (Å²) in [7, 11) is -4.43. The Labute approximate surface area is 204 Å². The highest BCUT2D eigenvalue weighted by atomic mass is 32.2. The van der Waals surface area contributed by atoms with E-state index < -0.39 is 26.7 Å². The van der Waals surface area contributed by atoms with Crippen molar-refractivity contribution < 1.29 is 26.3 Å². The predicted octanol–water partition coefficient (Wildman–Crippen LogP) is 6.18. The molecule has 0 radical (unpaired) electrons. The van der Waals surface area contributed by atoms with E-state index in [1.54, 1.807) is 24.3 Å². The number of nitrogens with zero attached hydrogens (tertiary/aromatic N) is 2. The lowest BCUT2D eigenvalue weighted by molar-refractivity contribution is -0.137. The summed E-state index contributed by atoms with van der Waals surface area (Å²) < 4.78 is 73.5. The van der Waals surface area contributed by atoms with Crippen molar-refractivity contribution in [3.05, 3.63) is 102 Å². The first kappa shape index (κ1) is 23.6. The number of fused-ring (bicyclic) bond motifs is 2. The van der Waals surface area contributed by atoms with Crippen molar-refractivity contribution in [1.82, 2.24) is 9.97 Å². The van der Waals surface area contributed by atoms with Crippen molar-refractivity contribution in [3.8, 4) is 5.88 Å². The van der Waals surface area contributed by atoms with Gasteiger partial charge in [-0.05, 0) is 52.7 Å². The molecular weight excluding hydrogens is 491 g/mol. The van der Waals surface area contributed by atoms with Gasteiger partial charge in [0.05, 0.1) is 21.5 Å². The highest BCUT2D eigenvalue weighted by Crippen LogP contribution is 2.32. The van der Waals surface area contributed by atoms with Crippen LogP contribution in [0, 0.1) is 0 Å². The van der Waals surface area contributed by atoms with Gasteiger partial charge in [0.25, 0.3) is 15.9 Å². The molecule has 182 valence electrons. The number of aromatic nitrogens is 2. The van der Waals surface area contributed by atoms with Gasteiger partial charge in [0.15, 0.2) is 0 Å². The zero-order valence-electron chi connectivity index (χ0n) is 18.5. The molecule has 6 nitrogen and oxygen atoms in total. The van der Waals surface area contributed by atoms with E-state index in [0.717, 1.165) is 34.5 Å². The van der Waals surface area contributed by atoms with Crippen molar-refractivity contribution in [2.24, 2.45) is 0 Å². The van der Waals surface area contributed by atoms with Crippen molar-refractivity contribution in [2.45, 2.75) is 17.7 Å². The summed E-state index contributed by atoms with van der Waals surface area (Å²) in [6.45, 7) is 0.0656. The lowest BCUT2D eigenvalue weighted by Crippen LogP contribution is -2.17. The molecule has 4 aromatic carbocycles. The van der Waals surface area contributed by atoms with E-state index in [0.29, 0.717) is 17.1 Å². The molecule has 5 rings (SSSR count). The van der Waals surface area contributed by atoms with Crippen LogP contribution in [0.25, 0.3) is 21.8 Å². The smallest absolute Gasteiger partial charge is 0.416 e. The van der Waals surface area contributed by atoms with E-state index in [4.69, 9.17) is 4.74 Å². The highest BCUT2D eigenvalue weighted by molar-refractivity contribution is 7.92. The minimum atomic E-state index is -4.69. The summed E-state index contributed by atoms with van der Waals surface area (Å²) in [6, 6.07) is 23.8. The lowest BCUT2D eigenvalue weighted by Gasteiger charge is -2.14. The molecule has 0 aliphatic heterocycles. The minimum Gasteiger partial charge on any atom is -0.470 e. The normalized spacial score (nSPS) is 12.1. The van der Waals surface area contributed by atoms with Crippen LogP contribution in [0.3, 0.4) is 0 Å². The summed E-state index contributed by atoms with van der Waals surface area (Å²) in [5.41, 5.74) is 0.586. The maximum atomic E-state index is 13.1. The van der Waals surface area contributed by atoms with Gasteiger partial charge in [-0.15, -0.1) is 0 Å². The number of alkyl halides is 3. The van der Waals surface area contributed by atoms with E-state index >= 15 is 0 Å². The Morgan fingerprint density at radius 3 is 2.22 bits per heavy atom. The Bertz CT molecular complexity index is 1690. The Balaban J connectivity index is 1.49. The maximum Gasteiger partial charge on any atom is 0.416 e. The number of ether oxygens (including phenoxy) is 1. The molecule has 0 spiro atoms. The van der Waals surface area contributed by atoms with Crippen LogP contribution in [0.5, 0.6) is 5.88 Å². The van der Waals surface area contributed by atoms with Gasteiger partial charge < -0.3 is 4.74 Å². The maximum absolute atomic E-state index is 13.1. The monoisotopic (exact) mass is 509 g/mol. The molecule has 5 aromatic rings. The Hall–Kier alpha value is -4.18. The molecule has 0 amide bonds. The van der Waals surface area contributed by atoms with Gasteiger partial charge in [-0.2, -0.15) is 13.2 Å². The zero-order valence-corrected chi connectivity index (χ0v) is 19.3. The van der Waals surface area contributed by atoms with Gasteiger partial charge in [-0.3, -0.25) is 4.72 Å². The van der Waals surface area contributed by atoms with Crippen LogP contribution in [-0.4, -0.2) is 18.4 Å². The number of halogens is 3. The fourth-order valence-electron chi connectivity index (χ4n) is 3.66. The number of nitrogens with one attached hydrogen (secondary N) is 1. The predicted molar refractivity (Wildman–Crippen MR) is 130 cm³/mol. The van der Waals surface area contributed by atoms with Crippen LogP contribution in [0.2, 0.25) is 0 Å². The number of sulfonamides is 1. The Morgan fingerprint density at radius 2 is 1.47 bits per heavy atom. The summed E-state index contributed by atoms with van der Waals surface area (Å²) >= 11 is 0. The van der Waals surface area contributed by atoms with Gasteiger partial charge in [0.2, 0.25) is 5.82 Å². The van der Waals surface area contributed by atoms with Gasteiger partial charge in [-0.1, -0.05) is 54.6 Å². The van der Waals surface area contributed by atoms with Crippen molar-refractivity contribution >= 4 is 37.6 Å². The molecule has 0 aliphatic rings. The Kier molecular flexibility index (Phi) is 5.97. The summed E-state index contributed by atoms with van der Waals surface area (Å²) in [5, 5.41) is 2.06. The second kappa shape index (κ2) is 9.12. The largest absolute Gasteiger partial charge is 0.470 e. The van der Waals surface area contributed by atoms with Crippen LogP contribution in [0.4, 0.5) is 19.0 Å². The van der Waals surface area contributed by atoms with Crippen LogP contribution < -0.4 is 9.46 Å². The number of para-hydroxylation sites is 2. The van der Waals surface area contributed by atoms with Crippen LogP contribution in [0.15, 0.2) is 95.9 Å². The molecule has 0 saturated heterocycles. The van der Waals surface area contributed by atoms with Crippen LogP contribution in [0.1, 0.15) is 11.1 Å². The molecule has 0 bridgehead atoms. The summed E-state index contributed by atoms with van der Waals surface area (Å²) in [4.78, 5) is 8.15. The molecular formula is C26H18F3N3O3S. The van der Waals surface area contributed by atoms with Gasteiger partial charge in [0.1, 0.15) is 6.61 Å². The molecule has 0 unspecified atom stereocenters. The average Bonchev–Trinajstić information content (AvgIpc) is 2.86. The molecule has 1 N–H and O–H groups in total. The first-order valence-corrected chi connectivity index (χ1v) is 12.2. The fraction of sp³-hybridized carbons (Fsp3) is 0.0769. The van der Waals surface area contributed by atoms with Crippen LogP contribution in [-0.2, 0) is 22.8 Å². The Morgan fingerprint density at radius 1 is 0.778 bits per heavy atom. The minimum absolute atomic E-state index is 0.0656. The van der Waals surface area contributed by atoms with E-state index in [1.807, 2.05) is 42.5 Å². The molecule has 1 aromatic heterocycles. The highest BCUT2D eigenvalue weighted by Gasteiger charge is 2.32. The van der Waals surface area contributed by atoms with Gasteiger partial charge in [0, 0.05) is 0 Å². The zero-order chi connectivity index (χ0) is 25.3. The summed E-state index contributed by atoms with van der Waals surface area (Å²) in [5.74, 6) is -0.329. The van der Waals surface area contributed by atoms with Crippen molar-refractivity contribution in [1.29, 1.82) is 0 Å². The first-order valence-electron chi connectivity index (χ1n) is 10.8. The van der Waals surface area contributed by atoms with E-state index in [9.17, 15) is 21.6 Å². The molecule has 0 aliphatic carbocycles. The topological polar surface area (TPSA) is 81.2 Å². The number of anilines is 1. The third-order valence-corrected chi connectivity index (χ3v) is 6.77. The third kappa shape index (κ3) is 4.94. The van der Waals surface area contributed by atoms with Crippen molar-refractivity contribution in [2.75, 3.05) is 4.72 Å². The van der Waals surface area contributed by atoms with Gasteiger partial charge in [-0.25, -0.2) is 18.4 Å². The summed E-state index contributed by atoms with van der Waals surface area (Å²) in [6.07, 6.45) is -4.69. The second-order valence-electron chi connectivity index (χ2n) is 7.97. The van der Waals surface area contributed by atoms with E-state index in [2.05, 4.69) is 14.7 Å². The third-order valence-electron chi connectivity index (χ3n) is 5.43. The van der Waals surface area contributed by atoms with E-state index in [1.165, 1.54) is 0 Å². The lowest BCUT2D eigenvalue weighted by atomic mass is 10.1. The van der Waals surface area contributed by atoms with Crippen LogP contribution >= 0.6 is 0 Å². The van der Waals surface area contributed by atoms with Crippen molar-refractivity contribution in [3.63, 3.8) is 0 Å². The number of hydrogen-bond donors (Lipinski definition) is 1. The molecule has 0 saturated carbocycles. The standard InChI is InChI=1S/C26H18F3N3O3S/c27-26(28,29)20-8-5-9-21(15-20)36(33,34)32-24-25(31-23-11-4-3-10-22(23)30-24)35-16-17-12-13-18-6-1-2-7-19(18)14-17/h1-15H,16H2,(H,30,32). The molecule has 10 heteroatoms. The fourth-order valence-corrected chi connectivity index (χ4v) is 4.70. The van der Waals surface area contributed by atoms with Gasteiger partial charge >= 0.3 is 6.18 Å². The number of rotatable bonds is 6. The molecule has 0 fully saturated rings.